The molecular formula is C16H22ClN3O. The maximum Gasteiger partial charge on any atom is 0.138 e. The molecule has 2 rings (SSSR count). The van der Waals surface area contributed by atoms with Gasteiger partial charge in [0.1, 0.15) is 12.4 Å². The third-order valence-corrected chi connectivity index (χ3v) is 3.32. The maximum absolute atomic E-state index is 6.26. The van der Waals surface area contributed by atoms with Crippen LogP contribution in [0, 0.1) is 5.92 Å². The molecule has 1 heterocycles. The van der Waals surface area contributed by atoms with Gasteiger partial charge in [-0.3, -0.25) is 4.68 Å². The molecule has 1 aromatic carbocycles. The van der Waals surface area contributed by atoms with E-state index in [0.717, 1.165) is 24.3 Å². The van der Waals surface area contributed by atoms with Crippen LogP contribution in [0.25, 0.3) is 0 Å². The first-order chi connectivity index (χ1) is 10.0. The van der Waals surface area contributed by atoms with Crippen LogP contribution in [0.4, 0.5) is 0 Å². The van der Waals surface area contributed by atoms with E-state index in [0.29, 0.717) is 23.3 Å². The fraction of sp³-hybridized carbons (Fsp3) is 0.438. The van der Waals surface area contributed by atoms with E-state index in [-0.39, 0.29) is 0 Å². The van der Waals surface area contributed by atoms with Gasteiger partial charge in [0.05, 0.1) is 10.7 Å². The van der Waals surface area contributed by atoms with Gasteiger partial charge >= 0.3 is 0 Å². The van der Waals surface area contributed by atoms with E-state index in [1.807, 2.05) is 37.5 Å². The van der Waals surface area contributed by atoms with Crippen LogP contribution in [0.15, 0.2) is 30.5 Å². The minimum atomic E-state index is 0.422. The zero-order chi connectivity index (χ0) is 15.2. The van der Waals surface area contributed by atoms with Crippen LogP contribution in [-0.4, -0.2) is 16.3 Å². The molecular weight excluding hydrogens is 286 g/mol. The summed E-state index contributed by atoms with van der Waals surface area (Å²) in [6, 6.07) is 7.82. The van der Waals surface area contributed by atoms with E-state index in [2.05, 4.69) is 24.3 Å². The molecule has 114 valence electrons. The highest BCUT2D eigenvalue weighted by Crippen LogP contribution is 2.26. The number of aryl methyl sites for hydroxylation is 1. The van der Waals surface area contributed by atoms with Crippen LogP contribution in [-0.2, 0) is 20.2 Å². The number of rotatable bonds is 7. The molecule has 0 aliphatic heterocycles. The molecule has 0 radical (unpaired) electrons. The number of nitrogens with one attached hydrogen (secondary N) is 1. The van der Waals surface area contributed by atoms with Gasteiger partial charge in [0.15, 0.2) is 0 Å². The van der Waals surface area contributed by atoms with E-state index in [4.69, 9.17) is 16.3 Å². The second-order valence-corrected chi connectivity index (χ2v) is 5.97. The molecule has 0 saturated carbocycles. The number of nitrogens with zero attached hydrogens (tertiary/aromatic N) is 2. The van der Waals surface area contributed by atoms with Crippen molar-refractivity contribution in [1.82, 2.24) is 15.1 Å². The van der Waals surface area contributed by atoms with Gasteiger partial charge in [-0.25, -0.2) is 0 Å². The highest BCUT2D eigenvalue weighted by atomic mass is 35.5. The summed E-state index contributed by atoms with van der Waals surface area (Å²) in [7, 11) is 1.88. The predicted molar refractivity (Wildman–Crippen MR) is 85.5 cm³/mol. The Hall–Kier alpha value is -1.52. The fourth-order valence-electron chi connectivity index (χ4n) is 1.97. The van der Waals surface area contributed by atoms with Gasteiger partial charge in [-0.15, -0.1) is 0 Å². The van der Waals surface area contributed by atoms with Crippen molar-refractivity contribution in [2.45, 2.75) is 27.0 Å². The van der Waals surface area contributed by atoms with Crippen LogP contribution in [0.3, 0.4) is 0 Å². The third kappa shape index (κ3) is 5.06. The summed E-state index contributed by atoms with van der Waals surface area (Å²) in [6.07, 6.45) is 1.89. The molecule has 0 aliphatic carbocycles. The summed E-state index contributed by atoms with van der Waals surface area (Å²) >= 11 is 6.26. The first-order valence-corrected chi connectivity index (χ1v) is 7.53. The number of ether oxygens (including phenoxy) is 1. The highest BCUT2D eigenvalue weighted by molar-refractivity contribution is 6.32. The summed E-state index contributed by atoms with van der Waals surface area (Å²) in [6.45, 7) is 6.61. The summed E-state index contributed by atoms with van der Waals surface area (Å²) in [5.41, 5.74) is 2.04. The van der Waals surface area contributed by atoms with Gasteiger partial charge in [-0.05, 0) is 36.2 Å². The van der Waals surface area contributed by atoms with Crippen molar-refractivity contribution in [3.05, 3.63) is 46.7 Å². The first kappa shape index (κ1) is 15.9. The summed E-state index contributed by atoms with van der Waals surface area (Å²) in [5.74, 6) is 1.33. The van der Waals surface area contributed by atoms with E-state index >= 15 is 0 Å². The molecule has 0 fully saturated rings. The molecule has 4 nitrogen and oxygen atoms in total. The lowest BCUT2D eigenvalue weighted by atomic mass is 10.2. The molecule has 0 bridgehead atoms. The Morgan fingerprint density at radius 1 is 1.33 bits per heavy atom. The zero-order valence-corrected chi connectivity index (χ0v) is 13.5. The van der Waals surface area contributed by atoms with Gasteiger partial charge in [-0.2, -0.15) is 5.10 Å². The topological polar surface area (TPSA) is 39.1 Å². The smallest absolute Gasteiger partial charge is 0.138 e. The number of aromatic nitrogens is 2. The number of halogens is 1. The lowest BCUT2D eigenvalue weighted by Gasteiger charge is -2.10. The molecule has 5 heteroatoms. The van der Waals surface area contributed by atoms with Crippen molar-refractivity contribution >= 4 is 11.6 Å². The lowest BCUT2D eigenvalue weighted by Crippen LogP contribution is -2.18. The molecule has 1 aromatic heterocycles. The molecule has 0 saturated heterocycles. The Kier molecular flexibility index (Phi) is 5.65. The van der Waals surface area contributed by atoms with Gasteiger partial charge in [0, 0.05) is 19.8 Å². The summed E-state index contributed by atoms with van der Waals surface area (Å²) in [4.78, 5) is 0. The Balaban J connectivity index is 1.89. The maximum atomic E-state index is 6.26. The SMILES string of the molecule is CC(C)CNCc1ccc(OCc2ccn(C)n2)c(Cl)c1. The Labute approximate surface area is 131 Å². The molecule has 0 atom stereocenters. The van der Waals surface area contributed by atoms with Crippen LogP contribution in [0.5, 0.6) is 5.75 Å². The minimum Gasteiger partial charge on any atom is -0.486 e. The number of hydrogen-bond acceptors (Lipinski definition) is 3. The largest absolute Gasteiger partial charge is 0.486 e. The molecule has 0 amide bonds. The molecule has 21 heavy (non-hydrogen) atoms. The summed E-state index contributed by atoms with van der Waals surface area (Å²) in [5, 5.41) is 8.30. The average Bonchev–Trinajstić information content (AvgIpc) is 2.83. The number of benzene rings is 1. The van der Waals surface area contributed by atoms with Gasteiger partial charge in [0.2, 0.25) is 0 Å². The van der Waals surface area contributed by atoms with E-state index < -0.39 is 0 Å². The molecule has 0 aliphatic rings. The predicted octanol–water partition coefficient (Wildman–Crippen LogP) is 3.40. The molecule has 1 N–H and O–H groups in total. The second kappa shape index (κ2) is 7.48. The van der Waals surface area contributed by atoms with Gasteiger partial charge < -0.3 is 10.1 Å². The molecule has 0 unspecified atom stereocenters. The van der Waals surface area contributed by atoms with E-state index in [9.17, 15) is 0 Å². The Bertz CT molecular complexity index is 581. The van der Waals surface area contributed by atoms with Crippen molar-refractivity contribution in [2.75, 3.05) is 6.54 Å². The normalized spacial score (nSPS) is 11.1. The summed E-state index contributed by atoms with van der Waals surface area (Å²) < 4.78 is 7.46. The third-order valence-electron chi connectivity index (χ3n) is 3.02. The Morgan fingerprint density at radius 2 is 2.14 bits per heavy atom. The molecule has 0 spiro atoms. The number of hydrogen-bond donors (Lipinski definition) is 1. The fourth-order valence-corrected chi connectivity index (χ4v) is 2.23. The van der Waals surface area contributed by atoms with Crippen molar-refractivity contribution in [1.29, 1.82) is 0 Å². The quantitative estimate of drug-likeness (QED) is 0.852. The lowest BCUT2D eigenvalue weighted by molar-refractivity contribution is 0.300. The Morgan fingerprint density at radius 3 is 2.76 bits per heavy atom. The zero-order valence-electron chi connectivity index (χ0n) is 12.8. The second-order valence-electron chi connectivity index (χ2n) is 5.56. The van der Waals surface area contributed by atoms with Crippen molar-refractivity contribution in [2.24, 2.45) is 13.0 Å². The van der Waals surface area contributed by atoms with Crippen LogP contribution < -0.4 is 10.1 Å². The van der Waals surface area contributed by atoms with E-state index in [1.165, 1.54) is 0 Å². The average molecular weight is 308 g/mol. The minimum absolute atomic E-state index is 0.422. The van der Waals surface area contributed by atoms with Crippen LogP contribution in [0.2, 0.25) is 5.02 Å². The van der Waals surface area contributed by atoms with Gasteiger partial charge in [-0.1, -0.05) is 31.5 Å². The first-order valence-electron chi connectivity index (χ1n) is 7.15. The standard InChI is InChI=1S/C16H22ClN3O/c1-12(2)9-18-10-13-4-5-16(15(17)8-13)21-11-14-6-7-20(3)19-14/h4-8,12,18H,9-11H2,1-3H3. The van der Waals surface area contributed by atoms with Crippen molar-refractivity contribution in [3.63, 3.8) is 0 Å². The van der Waals surface area contributed by atoms with Crippen LogP contribution >= 0.6 is 11.6 Å². The highest BCUT2D eigenvalue weighted by Gasteiger charge is 2.05. The molecule has 2 aromatic rings. The van der Waals surface area contributed by atoms with Crippen molar-refractivity contribution < 1.29 is 4.74 Å². The van der Waals surface area contributed by atoms with Gasteiger partial charge in [0.25, 0.3) is 0 Å². The van der Waals surface area contributed by atoms with Crippen LogP contribution in [0.1, 0.15) is 25.1 Å². The van der Waals surface area contributed by atoms with E-state index in [1.54, 1.807) is 4.68 Å². The monoisotopic (exact) mass is 307 g/mol. The van der Waals surface area contributed by atoms with Crippen molar-refractivity contribution in [3.8, 4) is 5.75 Å².